The quantitative estimate of drug-likeness (QED) is 0.647. The van der Waals surface area contributed by atoms with Gasteiger partial charge in [0.15, 0.2) is 6.10 Å². The fourth-order valence-corrected chi connectivity index (χ4v) is 2.93. The first-order valence-electron chi connectivity index (χ1n) is 9.19. The third-order valence-corrected chi connectivity index (χ3v) is 4.50. The molecule has 3 rings (SSSR count). The van der Waals surface area contributed by atoms with Crippen LogP contribution in [-0.4, -0.2) is 27.5 Å². The van der Waals surface area contributed by atoms with Gasteiger partial charge in [0, 0.05) is 12.6 Å². The molecule has 1 atom stereocenters. The van der Waals surface area contributed by atoms with Gasteiger partial charge in [0.1, 0.15) is 17.3 Å². The number of nitrogens with one attached hydrogen (secondary N) is 1. The Morgan fingerprint density at radius 3 is 2.63 bits per heavy atom. The number of benzene rings is 2. The SMILES string of the molecule is CCn1c(=O)c(C)nc2cc(C(=O)OC(C)C(=O)Nc3cc(F)ccc3F)ccc21. The molecule has 0 saturated heterocycles. The molecule has 0 saturated carbocycles. The molecule has 30 heavy (non-hydrogen) atoms. The predicted molar refractivity (Wildman–Crippen MR) is 106 cm³/mol. The first kappa shape index (κ1) is 21.1. The van der Waals surface area contributed by atoms with E-state index in [1.54, 1.807) is 13.0 Å². The number of carbonyl (C=O) groups excluding carboxylic acids is 2. The second-order valence-corrected chi connectivity index (χ2v) is 6.61. The van der Waals surface area contributed by atoms with Crippen LogP contribution in [0.15, 0.2) is 41.2 Å². The number of esters is 1. The monoisotopic (exact) mass is 415 g/mol. The average molecular weight is 415 g/mol. The normalized spacial score (nSPS) is 11.9. The van der Waals surface area contributed by atoms with Gasteiger partial charge in [-0.2, -0.15) is 0 Å². The lowest BCUT2D eigenvalue weighted by Crippen LogP contribution is -2.30. The van der Waals surface area contributed by atoms with E-state index in [4.69, 9.17) is 4.74 Å². The van der Waals surface area contributed by atoms with Crippen molar-refractivity contribution >= 4 is 28.6 Å². The van der Waals surface area contributed by atoms with E-state index < -0.39 is 29.6 Å². The number of halogens is 2. The highest BCUT2D eigenvalue weighted by atomic mass is 19.1. The van der Waals surface area contributed by atoms with Crippen molar-refractivity contribution in [3.8, 4) is 0 Å². The first-order chi connectivity index (χ1) is 14.2. The number of anilines is 1. The fourth-order valence-electron chi connectivity index (χ4n) is 2.93. The van der Waals surface area contributed by atoms with E-state index in [9.17, 15) is 23.2 Å². The van der Waals surface area contributed by atoms with Crippen molar-refractivity contribution in [1.82, 2.24) is 9.55 Å². The minimum atomic E-state index is -1.27. The number of fused-ring (bicyclic) bond motifs is 1. The van der Waals surface area contributed by atoms with Crippen LogP contribution in [0.4, 0.5) is 14.5 Å². The molecule has 156 valence electrons. The van der Waals surface area contributed by atoms with Gasteiger partial charge >= 0.3 is 5.97 Å². The van der Waals surface area contributed by atoms with Crippen LogP contribution in [0, 0.1) is 18.6 Å². The second-order valence-electron chi connectivity index (χ2n) is 6.61. The summed E-state index contributed by atoms with van der Waals surface area (Å²) in [7, 11) is 0. The molecule has 0 fully saturated rings. The Kier molecular flexibility index (Phi) is 5.91. The lowest BCUT2D eigenvalue weighted by atomic mass is 10.2. The molecule has 0 aliphatic heterocycles. The van der Waals surface area contributed by atoms with Crippen molar-refractivity contribution in [2.24, 2.45) is 0 Å². The van der Waals surface area contributed by atoms with Crippen molar-refractivity contribution in [2.75, 3.05) is 5.32 Å². The second kappa shape index (κ2) is 8.40. The number of ether oxygens (including phenoxy) is 1. The van der Waals surface area contributed by atoms with E-state index in [1.807, 2.05) is 6.92 Å². The molecular weight excluding hydrogens is 396 g/mol. The van der Waals surface area contributed by atoms with Gasteiger partial charge in [0.05, 0.1) is 22.3 Å². The van der Waals surface area contributed by atoms with Crippen molar-refractivity contribution in [3.05, 3.63) is 69.6 Å². The summed E-state index contributed by atoms with van der Waals surface area (Å²) >= 11 is 0. The van der Waals surface area contributed by atoms with Crippen LogP contribution in [0.1, 0.15) is 29.9 Å². The molecule has 0 radical (unpaired) electrons. The lowest BCUT2D eigenvalue weighted by molar-refractivity contribution is -0.123. The van der Waals surface area contributed by atoms with Crippen molar-refractivity contribution < 1.29 is 23.1 Å². The number of hydrogen-bond donors (Lipinski definition) is 1. The van der Waals surface area contributed by atoms with Crippen molar-refractivity contribution in [1.29, 1.82) is 0 Å². The summed E-state index contributed by atoms with van der Waals surface area (Å²) in [5.41, 5.74) is 0.854. The Hall–Kier alpha value is -3.62. The van der Waals surface area contributed by atoms with Crippen LogP contribution in [-0.2, 0) is 16.1 Å². The maximum absolute atomic E-state index is 13.7. The smallest absolute Gasteiger partial charge is 0.338 e. The zero-order valence-corrected chi connectivity index (χ0v) is 16.5. The predicted octanol–water partition coefficient (Wildman–Crippen LogP) is 3.19. The summed E-state index contributed by atoms with van der Waals surface area (Å²) in [5.74, 6) is -3.16. The van der Waals surface area contributed by atoms with E-state index in [1.165, 1.54) is 23.6 Å². The number of aryl methyl sites for hydroxylation is 2. The molecule has 2 aromatic carbocycles. The third kappa shape index (κ3) is 4.19. The molecule has 1 heterocycles. The van der Waals surface area contributed by atoms with E-state index >= 15 is 0 Å². The Bertz CT molecular complexity index is 1210. The summed E-state index contributed by atoms with van der Waals surface area (Å²) in [4.78, 5) is 41.0. The highest BCUT2D eigenvalue weighted by Gasteiger charge is 2.21. The Morgan fingerprint density at radius 1 is 1.20 bits per heavy atom. The molecule has 3 aromatic rings. The van der Waals surface area contributed by atoms with E-state index in [-0.39, 0.29) is 16.8 Å². The van der Waals surface area contributed by atoms with Crippen LogP contribution in [0.25, 0.3) is 11.0 Å². The van der Waals surface area contributed by atoms with Crippen LogP contribution in [0.3, 0.4) is 0 Å². The standard InChI is InChI=1S/C21H19F2N3O4/c1-4-26-18-8-5-13(9-17(18)24-11(2)20(26)28)21(29)30-12(3)19(27)25-16-10-14(22)6-7-15(16)23/h5-10,12H,4H2,1-3H3,(H,25,27). The van der Waals surface area contributed by atoms with Gasteiger partial charge in [-0.15, -0.1) is 0 Å². The van der Waals surface area contributed by atoms with Gasteiger partial charge < -0.3 is 14.6 Å². The largest absolute Gasteiger partial charge is 0.449 e. The molecular formula is C21H19F2N3O4. The topological polar surface area (TPSA) is 90.3 Å². The Labute approximate surface area is 170 Å². The molecule has 9 heteroatoms. The molecule has 1 N–H and O–H groups in total. The molecule has 0 aliphatic carbocycles. The van der Waals surface area contributed by atoms with E-state index in [0.29, 0.717) is 23.3 Å². The van der Waals surface area contributed by atoms with Crippen LogP contribution in [0.2, 0.25) is 0 Å². The molecule has 1 aromatic heterocycles. The fraction of sp³-hybridized carbons (Fsp3) is 0.238. The number of aromatic nitrogens is 2. The van der Waals surface area contributed by atoms with Gasteiger partial charge in [-0.05, 0) is 51.1 Å². The van der Waals surface area contributed by atoms with Crippen LogP contribution in [0.5, 0.6) is 0 Å². The highest BCUT2D eigenvalue weighted by Crippen LogP contribution is 2.17. The summed E-state index contributed by atoms with van der Waals surface area (Å²) < 4.78 is 33.6. The van der Waals surface area contributed by atoms with Gasteiger partial charge in [-0.3, -0.25) is 9.59 Å². The minimum absolute atomic E-state index is 0.132. The van der Waals surface area contributed by atoms with Crippen LogP contribution >= 0.6 is 0 Å². The van der Waals surface area contributed by atoms with Gasteiger partial charge in [-0.1, -0.05) is 0 Å². The summed E-state index contributed by atoms with van der Waals surface area (Å²) in [6, 6.07) is 7.13. The van der Waals surface area contributed by atoms with Crippen molar-refractivity contribution in [3.63, 3.8) is 0 Å². The van der Waals surface area contributed by atoms with Gasteiger partial charge in [-0.25, -0.2) is 18.6 Å². The van der Waals surface area contributed by atoms with Crippen LogP contribution < -0.4 is 10.9 Å². The maximum Gasteiger partial charge on any atom is 0.338 e. The Morgan fingerprint density at radius 2 is 1.93 bits per heavy atom. The molecule has 7 nitrogen and oxygen atoms in total. The molecule has 0 aliphatic rings. The number of hydrogen-bond acceptors (Lipinski definition) is 5. The molecule has 1 unspecified atom stereocenters. The zero-order valence-electron chi connectivity index (χ0n) is 16.5. The lowest BCUT2D eigenvalue weighted by Gasteiger charge is -2.14. The van der Waals surface area contributed by atoms with E-state index in [2.05, 4.69) is 10.3 Å². The number of nitrogens with zero attached hydrogens (tertiary/aromatic N) is 2. The minimum Gasteiger partial charge on any atom is -0.449 e. The Balaban J connectivity index is 1.78. The summed E-state index contributed by atoms with van der Waals surface area (Å²) in [6.45, 7) is 5.15. The van der Waals surface area contributed by atoms with Gasteiger partial charge in [0.25, 0.3) is 11.5 Å². The highest BCUT2D eigenvalue weighted by molar-refractivity contribution is 5.98. The van der Waals surface area contributed by atoms with Gasteiger partial charge in [0.2, 0.25) is 0 Å². The summed E-state index contributed by atoms with van der Waals surface area (Å²) in [5, 5.41) is 2.18. The molecule has 0 bridgehead atoms. The molecule has 1 amide bonds. The maximum atomic E-state index is 13.7. The number of rotatable bonds is 5. The first-order valence-corrected chi connectivity index (χ1v) is 9.19. The third-order valence-electron chi connectivity index (χ3n) is 4.50. The number of carbonyl (C=O) groups is 2. The molecule has 0 spiro atoms. The number of amides is 1. The zero-order chi connectivity index (χ0) is 22.0. The average Bonchev–Trinajstić information content (AvgIpc) is 2.71. The van der Waals surface area contributed by atoms with E-state index in [0.717, 1.165) is 18.2 Å². The van der Waals surface area contributed by atoms with Crippen molar-refractivity contribution in [2.45, 2.75) is 33.4 Å². The summed E-state index contributed by atoms with van der Waals surface area (Å²) in [6.07, 6.45) is -1.27.